The third kappa shape index (κ3) is 4.45. The van der Waals surface area contributed by atoms with Crippen molar-refractivity contribution in [2.75, 3.05) is 25.5 Å². The van der Waals surface area contributed by atoms with Gasteiger partial charge in [0, 0.05) is 38.5 Å². The molecule has 0 bridgehead atoms. The lowest BCUT2D eigenvalue weighted by Gasteiger charge is -2.37. The number of carbonyl (C=O) groups excluding carboxylic acids is 1. The summed E-state index contributed by atoms with van der Waals surface area (Å²) in [5.74, 6) is 1.93. The van der Waals surface area contributed by atoms with Gasteiger partial charge in [-0.1, -0.05) is 6.07 Å². The van der Waals surface area contributed by atoms with Crippen molar-refractivity contribution in [3.63, 3.8) is 0 Å². The number of pyridine rings is 2. The molecule has 27 heavy (non-hydrogen) atoms. The van der Waals surface area contributed by atoms with Crippen molar-refractivity contribution in [1.29, 1.82) is 0 Å². The van der Waals surface area contributed by atoms with Gasteiger partial charge in [0.2, 0.25) is 0 Å². The maximum absolute atomic E-state index is 12.7. The summed E-state index contributed by atoms with van der Waals surface area (Å²) in [6.45, 7) is 7.15. The Kier molecular flexibility index (Phi) is 5.75. The van der Waals surface area contributed by atoms with Crippen LogP contribution in [0.3, 0.4) is 0 Å². The number of hydrogen-bond acceptors (Lipinski definition) is 5. The van der Waals surface area contributed by atoms with Gasteiger partial charge in [0.25, 0.3) is 5.91 Å². The van der Waals surface area contributed by atoms with Gasteiger partial charge in [-0.15, -0.1) is 0 Å². The molecule has 0 spiro atoms. The Hall–Kier alpha value is -2.47. The van der Waals surface area contributed by atoms with E-state index in [1.807, 2.05) is 50.1 Å². The van der Waals surface area contributed by atoms with Crippen molar-refractivity contribution < 1.29 is 9.53 Å². The van der Waals surface area contributed by atoms with Gasteiger partial charge in [-0.3, -0.25) is 4.79 Å². The lowest BCUT2D eigenvalue weighted by Crippen LogP contribution is -2.49. The molecular weight excluding hydrogens is 340 g/mol. The first kappa shape index (κ1) is 19.3. The number of rotatable bonds is 5. The van der Waals surface area contributed by atoms with Crippen LogP contribution in [0.4, 0.5) is 11.6 Å². The van der Waals surface area contributed by atoms with E-state index in [1.165, 1.54) is 5.56 Å². The summed E-state index contributed by atoms with van der Waals surface area (Å²) in [6.07, 6.45) is 5.63. The quantitative estimate of drug-likeness (QED) is 0.872. The average molecular weight is 368 g/mol. The zero-order valence-electron chi connectivity index (χ0n) is 16.5. The van der Waals surface area contributed by atoms with Gasteiger partial charge < -0.3 is 15.0 Å². The molecule has 0 radical (unpaired) electrons. The summed E-state index contributed by atoms with van der Waals surface area (Å²) in [5.41, 5.74) is 1.47. The number of aromatic nitrogens is 2. The van der Waals surface area contributed by atoms with Crippen LogP contribution in [0.15, 0.2) is 36.7 Å². The minimum Gasteiger partial charge on any atom is -0.369 e. The highest BCUT2D eigenvalue weighted by molar-refractivity contribution is 5.84. The van der Waals surface area contributed by atoms with E-state index in [9.17, 15) is 4.79 Å². The second-order valence-electron chi connectivity index (χ2n) is 7.57. The van der Waals surface area contributed by atoms with Crippen LogP contribution in [0, 0.1) is 6.92 Å². The van der Waals surface area contributed by atoms with Gasteiger partial charge in [0.05, 0.1) is 0 Å². The lowest BCUT2D eigenvalue weighted by atomic mass is 9.90. The molecule has 1 aliphatic heterocycles. The number of nitrogens with zero attached hydrogens (tertiary/aromatic N) is 3. The van der Waals surface area contributed by atoms with E-state index in [2.05, 4.69) is 21.4 Å². The summed E-state index contributed by atoms with van der Waals surface area (Å²) in [5, 5.41) is 3.30. The van der Waals surface area contributed by atoms with Crippen molar-refractivity contribution in [2.24, 2.45) is 0 Å². The Balaban J connectivity index is 1.74. The number of hydrogen-bond donors (Lipinski definition) is 1. The SMILES string of the molecule is COC(C)(C)C(=O)N1CCC[C@H](c2ccnc(Nc3ncccc3C)c2)C1. The normalized spacial score (nSPS) is 17.6. The Labute approximate surface area is 161 Å². The Bertz CT molecular complexity index is 806. The number of methoxy groups -OCH3 is 1. The van der Waals surface area contributed by atoms with Gasteiger partial charge in [-0.05, 0) is 62.9 Å². The number of likely N-dealkylation sites (tertiary alicyclic amines) is 1. The molecule has 1 saturated heterocycles. The van der Waals surface area contributed by atoms with Crippen molar-refractivity contribution in [3.8, 4) is 0 Å². The van der Waals surface area contributed by atoms with Crippen LogP contribution in [0.25, 0.3) is 0 Å². The van der Waals surface area contributed by atoms with Crippen LogP contribution >= 0.6 is 0 Å². The molecule has 3 rings (SSSR count). The Morgan fingerprint density at radius 1 is 1.30 bits per heavy atom. The summed E-state index contributed by atoms with van der Waals surface area (Å²) >= 11 is 0. The molecule has 6 nitrogen and oxygen atoms in total. The summed E-state index contributed by atoms with van der Waals surface area (Å²) < 4.78 is 5.37. The van der Waals surface area contributed by atoms with Crippen LogP contribution in [-0.2, 0) is 9.53 Å². The van der Waals surface area contributed by atoms with Crippen LogP contribution in [0.5, 0.6) is 0 Å². The molecule has 0 aromatic carbocycles. The Morgan fingerprint density at radius 3 is 2.85 bits per heavy atom. The summed E-state index contributed by atoms with van der Waals surface area (Å²) in [4.78, 5) is 23.5. The number of amides is 1. The largest absolute Gasteiger partial charge is 0.369 e. The van der Waals surface area contributed by atoms with Crippen molar-refractivity contribution >= 4 is 17.5 Å². The van der Waals surface area contributed by atoms with Crippen molar-refractivity contribution in [3.05, 3.63) is 47.8 Å². The molecule has 2 aromatic rings. The minimum atomic E-state index is -0.788. The zero-order valence-corrected chi connectivity index (χ0v) is 16.5. The van der Waals surface area contributed by atoms with Gasteiger partial charge >= 0.3 is 0 Å². The van der Waals surface area contributed by atoms with Gasteiger partial charge in [0.1, 0.15) is 17.2 Å². The van der Waals surface area contributed by atoms with Crippen LogP contribution in [0.1, 0.15) is 43.7 Å². The first-order chi connectivity index (χ1) is 12.9. The third-order valence-corrected chi connectivity index (χ3v) is 5.25. The van der Waals surface area contributed by atoms with Gasteiger partial charge in [0.15, 0.2) is 0 Å². The van der Waals surface area contributed by atoms with E-state index < -0.39 is 5.60 Å². The number of nitrogens with one attached hydrogen (secondary N) is 1. The first-order valence-corrected chi connectivity index (χ1v) is 9.40. The van der Waals surface area contributed by atoms with Gasteiger partial charge in [-0.25, -0.2) is 9.97 Å². The molecule has 6 heteroatoms. The standard InChI is InChI=1S/C21H28N4O2/c1-15-7-5-10-23-19(15)24-18-13-16(9-11-22-18)17-8-6-12-25(14-17)20(26)21(2,3)27-4/h5,7,9-11,13,17H,6,8,12,14H2,1-4H3,(H,22,23,24)/t17-/m0/s1. The van der Waals surface area contributed by atoms with E-state index in [0.29, 0.717) is 12.5 Å². The molecule has 1 fully saturated rings. The van der Waals surface area contributed by atoms with Crippen molar-refractivity contribution in [1.82, 2.24) is 14.9 Å². The van der Waals surface area contributed by atoms with Gasteiger partial charge in [-0.2, -0.15) is 0 Å². The molecule has 3 heterocycles. The van der Waals surface area contributed by atoms with Crippen LogP contribution < -0.4 is 5.32 Å². The number of aryl methyl sites for hydroxylation is 1. The Morgan fingerprint density at radius 2 is 2.11 bits per heavy atom. The van der Waals surface area contributed by atoms with E-state index in [4.69, 9.17) is 4.74 Å². The highest BCUT2D eigenvalue weighted by Gasteiger charge is 2.34. The fourth-order valence-corrected chi connectivity index (χ4v) is 3.41. The summed E-state index contributed by atoms with van der Waals surface area (Å²) in [6, 6.07) is 8.03. The highest BCUT2D eigenvalue weighted by atomic mass is 16.5. The molecule has 1 N–H and O–H groups in total. The first-order valence-electron chi connectivity index (χ1n) is 9.40. The van der Waals surface area contributed by atoms with E-state index >= 15 is 0 Å². The number of carbonyl (C=O) groups is 1. The second-order valence-corrected chi connectivity index (χ2v) is 7.57. The molecule has 144 valence electrons. The molecule has 0 saturated carbocycles. The van der Waals surface area contributed by atoms with E-state index in [0.717, 1.165) is 36.6 Å². The predicted molar refractivity (Wildman–Crippen MR) is 106 cm³/mol. The topological polar surface area (TPSA) is 67.3 Å². The average Bonchev–Trinajstić information content (AvgIpc) is 2.69. The molecule has 1 atom stereocenters. The molecular formula is C21H28N4O2. The molecule has 1 aliphatic rings. The molecule has 0 unspecified atom stereocenters. The van der Waals surface area contributed by atoms with Crippen molar-refractivity contribution in [2.45, 2.75) is 45.1 Å². The highest BCUT2D eigenvalue weighted by Crippen LogP contribution is 2.30. The fraction of sp³-hybridized carbons (Fsp3) is 0.476. The number of anilines is 2. The van der Waals surface area contributed by atoms with E-state index in [-0.39, 0.29) is 5.91 Å². The van der Waals surface area contributed by atoms with Crippen LogP contribution in [0.2, 0.25) is 0 Å². The predicted octanol–water partition coefficient (Wildman–Crippen LogP) is 3.66. The van der Waals surface area contributed by atoms with E-state index in [1.54, 1.807) is 13.3 Å². The lowest BCUT2D eigenvalue weighted by molar-refractivity contribution is -0.152. The molecule has 1 amide bonds. The number of ether oxygens (including phenoxy) is 1. The second kappa shape index (κ2) is 8.05. The fourth-order valence-electron chi connectivity index (χ4n) is 3.41. The maximum Gasteiger partial charge on any atom is 0.254 e. The maximum atomic E-state index is 12.7. The minimum absolute atomic E-state index is 0.0474. The number of piperidine rings is 1. The third-order valence-electron chi connectivity index (χ3n) is 5.25. The zero-order chi connectivity index (χ0) is 19.4. The summed E-state index contributed by atoms with van der Waals surface area (Å²) in [7, 11) is 1.58. The monoisotopic (exact) mass is 368 g/mol. The smallest absolute Gasteiger partial charge is 0.254 e. The van der Waals surface area contributed by atoms with Crippen LogP contribution in [-0.4, -0.2) is 46.6 Å². The molecule has 2 aromatic heterocycles. The molecule has 0 aliphatic carbocycles.